The van der Waals surface area contributed by atoms with Crippen LogP contribution in [0.2, 0.25) is 0 Å². The average Bonchev–Trinajstić information content (AvgIpc) is 2.82. The van der Waals surface area contributed by atoms with E-state index in [-0.39, 0.29) is 13.2 Å². The Hall–Kier alpha value is -2.76. The predicted octanol–water partition coefficient (Wildman–Crippen LogP) is 5.09. The average molecular weight is 426 g/mol. The Labute approximate surface area is 175 Å². The first kappa shape index (κ1) is 21.9. The number of rotatable bonds is 9. The lowest BCUT2D eigenvalue weighted by Crippen LogP contribution is -2.08. The fourth-order valence-corrected chi connectivity index (χ4v) is 4.30. The second kappa shape index (κ2) is 10.3. The lowest BCUT2D eigenvalue weighted by atomic mass is 10.1. The number of methoxy groups -OCH3 is 1. The zero-order valence-electron chi connectivity index (χ0n) is 16.5. The van der Waals surface area contributed by atoms with Crippen molar-refractivity contribution in [2.45, 2.75) is 19.1 Å². The summed E-state index contributed by atoms with van der Waals surface area (Å²) in [7, 11) is -2.68. The first-order valence-electron chi connectivity index (χ1n) is 9.35. The van der Waals surface area contributed by atoms with Crippen LogP contribution in [0.3, 0.4) is 0 Å². The number of hydrogen-bond donors (Lipinski definition) is 1. The molecule has 0 fully saturated rings. The van der Waals surface area contributed by atoms with Gasteiger partial charge in [0, 0.05) is 0 Å². The van der Waals surface area contributed by atoms with Gasteiger partial charge in [-0.25, -0.2) is 4.79 Å². The topological polar surface area (TPSA) is 82.1 Å². The third kappa shape index (κ3) is 5.65. The molecule has 0 spiro atoms. The highest BCUT2D eigenvalue weighted by Crippen LogP contribution is 2.60. The maximum atomic E-state index is 13.5. The van der Waals surface area contributed by atoms with Crippen molar-refractivity contribution < 1.29 is 28.3 Å². The van der Waals surface area contributed by atoms with Gasteiger partial charge in [0.05, 0.1) is 25.9 Å². The van der Waals surface area contributed by atoms with Crippen LogP contribution in [0.5, 0.6) is 0 Å². The van der Waals surface area contributed by atoms with Crippen molar-refractivity contribution in [3.8, 4) is 0 Å². The Bertz CT molecular complexity index is 942. The van der Waals surface area contributed by atoms with Crippen LogP contribution in [0.1, 0.15) is 32.9 Å². The van der Waals surface area contributed by atoms with Crippen LogP contribution in [-0.2, 0) is 31.6 Å². The molecule has 6 nitrogen and oxygen atoms in total. The normalized spacial score (nSPS) is 12.3. The van der Waals surface area contributed by atoms with Crippen LogP contribution in [0.15, 0.2) is 84.9 Å². The number of benzene rings is 3. The van der Waals surface area contributed by atoms with Crippen LogP contribution in [0.25, 0.3) is 0 Å². The molecule has 0 aliphatic heterocycles. The van der Waals surface area contributed by atoms with Crippen molar-refractivity contribution in [2.75, 3.05) is 7.11 Å². The molecule has 0 saturated carbocycles. The molecule has 0 heterocycles. The number of aliphatic hydroxyl groups is 1. The lowest BCUT2D eigenvalue weighted by molar-refractivity contribution is 0.0600. The number of aliphatic hydroxyl groups excluding tert-OH is 1. The summed E-state index contributed by atoms with van der Waals surface area (Å²) in [6.45, 7) is 0.0361. The molecule has 0 unspecified atom stereocenters. The highest BCUT2D eigenvalue weighted by Gasteiger charge is 2.36. The molecule has 0 aliphatic carbocycles. The molecule has 156 valence electrons. The van der Waals surface area contributed by atoms with E-state index in [1.807, 2.05) is 60.7 Å². The van der Waals surface area contributed by atoms with Gasteiger partial charge >= 0.3 is 13.6 Å². The Kier molecular flexibility index (Phi) is 7.55. The van der Waals surface area contributed by atoms with E-state index in [9.17, 15) is 14.5 Å². The largest absolute Gasteiger partial charge is 0.465 e. The van der Waals surface area contributed by atoms with Gasteiger partial charge < -0.3 is 18.9 Å². The second-order valence-corrected chi connectivity index (χ2v) is 8.63. The van der Waals surface area contributed by atoms with Crippen molar-refractivity contribution in [3.63, 3.8) is 0 Å². The minimum atomic E-state index is -3.97. The van der Waals surface area contributed by atoms with Gasteiger partial charge in [-0.2, -0.15) is 0 Å². The molecule has 0 aliphatic rings. The molecule has 7 heteroatoms. The zero-order valence-corrected chi connectivity index (χ0v) is 17.4. The second-order valence-electron chi connectivity index (χ2n) is 6.55. The van der Waals surface area contributed by atoms with Gasteiger partial charge in [0.25, 0.3) is 0 Å². The van der Waals surface area contributed by atoms with Crippen molar-refractivity contribution in [3.05, 3.63) is 107 Å². The van der Waals surface area contributed by atoms with Crippen molar-refractivity contribution in [2.24, 2.45) is 0 Å². The van der Waals surface area contributed by atoms with Gasteiger partial charge in [0.1, 0.15) is 0 Å². The first-order valence-corrected chi connectivity index (χ1v) is 11.0. The van der Waals surface area contributed by atoms with E-state index in [1.165, 1.54) is 31.4 Å². The summed E-state index contributed by atoms with van der Waals surface area (Å²) in [5.41, 5.74) is 2.23. The van der Waals surface area contributed by atoms with E-state index in [2.05, 4.69) is 4.74 Å². The summed E-state index contributed by atoms with van der Waals surface area (Å²) in [5, 5.41) is 10.9. The molecule has 3 aromatic carbocycles. The maximum absolute atomic E-state index is 13.5. The standard InChI is InChI=1S/C23H23O6P/c1-27-22(24)20-12-14-21(15-13-20)23(25)30(26,28-16-18-8-4-2-5-9-18)29-17-19-10-6-3-7-11-19/h2-15,23,25H,16-17H2,1H3/t23-/m0/s1. The first-order chi connectivity index (χ1) is 14.5. The molecule has 0 amide bonds. The molecule has 30 heavy (non-hydrogen) atoms. The number of ether oxygens (including phenoxy) is 1. The molecule has 0 saturated heterocycles. The van der Waals surface area contributed by atoms with E-state index < -0.39 is 19.4 Å². The van der Waals surface area contributed by atoms with Gasteiger partial charge in [-0.15, -0.1) is 0 Å². The maximum Gasteiger partial charge on any atom is 0.364 e. The zero-order chi connectivity index (χ0) is 21.4. The summed E-state index contributed by atoms with van der Waals surface area (Å²) in [6, 6.07) is 24.4. The van der Waals surface area contributed by atoms with Crippen molar-refractivity contribution in [1.29, 1.82) is 0 Å². The van der Waals surface area contributed by atoms with Gasteiger partial charge in [0.2, 0.25) is 0 Å². The number of esters is 1. The summed E-state index contributed by atoms with van der Waals surface area (Å²) >= 11 is 0. The molecule has 0 aromatic heterocycles. The minimum absolute atomic E-state index is 0.0181. The van der Waals surface area contributed by atoms with E-state index in [0.717, 1.165) is 11.1 Å². The van der Waals surface area contributed by atoms with Crippen LogP contribution in [0.4, 0.5) is 0 Å². The van der Waals surface area contributed by atoms with Gasteiger partial charge in [-0.3, -0.25) is 4.57 Å². The summed E-state index contributed by atoms with van der Waals surface area (Å²) in [6.07, 6.45) is 0. The number of carbonyl (C=O) groups is 1. The third-order valence-corrected chi connectivity index (χ3v) is 6.31. The summed E-state index contributed by atoms with van der Waals surface area (Å²) < 4.78 is 29.5. The number of hydrogen-bond acceptors (Lipinski definition) is 6. The molecule has 0 bridgehead atoms. The molecule has 3 aromatic rings. The SMILES string of the molecule is COC(=O)c1ccc([C@@H](O)P(=O)(OCc2ccccc2)OCc2ccccc2)cc1. The van der Waals surface area contributed by atoms with Crippen molar-refractivity contribution >= 4 is 13.6 Å². The van der Waals surface area contributed by atoms with Crippen LogP contribution in [-0.4, -0.2) is 18.2 Å². The Morgan fingerprint density at radius 1 is 0.833 bits per heavy atom. The van der Waals surface area contributed by atoms with Gasteiger partial charge in [-0.1, -0.05) is 72.8 Å². The summed E-state index contributed by atoms with van der Waals surface area (Å²) in [5.74, 6) is -2.02. The summed E-state index contributed by atoms with van der Waals surface area (Å²) in [4.78, 5) is 11.6. The van der Waals surface area contributed by atoms with Crippen LogP contribution >= 0.6 is 7.60 Å². The minimum Gasteiger partial charge on any atom is -0.465 e. The molecular formula is C23H23O6P. The Balaban J connectivity index is 1.81. The quantitative estimate of drug-likeness (QED) is 0.379. The van der Waals surface area contributed by atoms with Crippen LogP contribution in [0, 0.1) is 0 Å². The Morgan fingerprint density at radius 3 is 1.73 bits per heavy atom. The monoisotopic (exact) mass is 426 g/mol. The lowest BCUT2D eigenvalue weighted by Gasteiger charge is -2.24. The fourth-order valence-electron chi connectivity index (χ4n) is 2.75. The van der Waals surface area contributed by atoms with Gasteiger partial charge in [0.15, 0.2) is 5.85 Å². The molecule has 1 atom stereocenters. The van der Waals surface area contributed by atoms with E-state index in [1.54, 1.807) is 0 Å². The molecule has 0 radical (unpaired) electrons. The van der Waals surface area contributed by atoms with Gasteiger partial charge in [-0.05, 0) is 28.8 Å². The number of carbonyl (C=O) groups excluding carboxylic acids is 1. The highest BCUT2D eigenvalue weighted by atomic mass is 31.2. The molecule has 1 N–H and O–H groups in total. The predicted molar refractivity (Wildman–Crippen MR) is 113 cm³/mol. The highest BCUT2D eigenvalue weighted by molar-refractivity contribution is 7.54. The molecular weight excluding hydrogens is 403 g/mol. The molecule has 3 rings (SSSR count). The third-order valence-electron chi connectivity index (χ3n) is 4.44. The van der Waals surface area contributed by atoms with Crippen molar-refractivity contribution in [1.82, 2.24) is 0 Å². The Morgan fingerprint density at radius 2 is 1.30 bits per heavy atom. The smallest absolute Gasteiger partial charge is 0.364 e. The van der Waals surface area contributed by atoms with E-state index >= 15 is 0 Å². The van der Waals surface area contributed by atoms with Crippen LogP contribution < -0.4 is 0 Å². The van der Waals surface area contributed by atoms with E-state index in [4.69, 9.17) is 9.05 Å². The fraction of sp³-hybridized carbons (Fsp3) is 0.174. The van der Waals surface area contributed by atoms with E-state index in [0.29, 0.717) is 11.1 Å².